The monoisotopic (exact) mass is 286 g/mol. The van der Waals surface area contributed by atoms with Crippen LogP contribution >= 0.6 is 11.3 Å². The summed E-state index contributed by atoms with van der Waals surface area (Å²) in [7, 11) is 1.79. The van der Waals surface area contributed by atoms with Gasteiger partial charge in [-0.2, -0.15) is 5.10 Å². The lowest BCUT2D eigenvalue weighted by molar-refractivity contribution is -0.117. The molecule has 0 spiro atoms. The van der Waals surface area contributed by atoms with Crippen LogP contribution in [0.1, 0.15) is 11.6 Å². The third-order valence-corrected chi connectivity index (χ3v) is 3.98. The molecule has 0 fully saturated rings. The molecule has 1 amide bonds. The van der Waals surface area contributed by atoms with Crippen LogP contribution in [0.3, 0.4) is 0 Å². The first kappa shape index (κ1) is 12.8. The number of aryl methyl sites for hydroxylation is 1. The maximum absolute atomic E-state index is 12.1. The molecule has 1 unspecified atom stereocenters. The van der Waals surface area contributed by atoms with E-state index >= 15 is 0 Å². The highest BCUT2D eigenvalue weighted by molar-refractivity contribution is 7.17. The van der Waals surface area contributed by atoms with Gasteiger partial charge in [-0.05, 0) is 35.0 Å². The van der Waals surface area contributed by atoms with Crippen LogP contribution < -0.4 is 11.1 Å². The van der Waals surface area contributed by atoms with Gasteiger partial charge in [-0.15, -0.1) is 11.3 Å². The number of fused-ring (bicyclic) bond motifs is 1. The number of carbonyl (C=O) groups excluding carboxylic acids is 1. The van der Waals surface area contributed by atoms with E-state index in [0.717, 1.165) is 11.1 Å². The summed E-state index contributed by atoms with van der Waals surface area (Å²) in [5.74, 6) is -0.243. The number of nitrogens with two attached hydrogens (primary N) is 1. The Morgan fingerprint density at radius 1 is 1.45 bits per heavy atom. The smallest absolute Gasteiger partial charge is 0.246 e. The molecule has 102 valence electrons. The molecule has 0 aliphatic carbocycles. The molecule has 3 rings (SSSR count). The maximum atomic E-state index is 12.1. The van der Waals surface area contributed by atoms with Gasteiger partial charge in [0.1, 0.15) is 6.04 Å². The van der Waals surface area contributed by atoms with Crippen LogP contribution in [0, 0.1) is 0 Å². The van der Waals surface area contributed by atoms with E-state index in [1.165, 1.54) is 4.70 Å². The summed E-state index contributed by atoms with van der Waals surface area (Å²) in [5, 5.41) is 9.99. The first-order valence-corrected chi connectivity index (χ1v) is 7.04. The number of carbonyl (C=O) groups is 1. The lowest BCUT2D eigenvalue weighted by Gasteiger charge is -2.10. The van der Waals surface area contributed by atoms with Crippen molar-refractivity contribution < 1.29 is 4.79 Å². The molecule has 20 heavy (non-hydrogen) atoms. The van der Waals surface area contributed by atoms with Gasteiger partial charge in [-0.1, -0.05) is 0 Å². The average molecular weight is 286 g/mol. The molecular weight excluding hydrogens is 272 g/mol. The molecule has 0 saturated carbocycles. The Bertz CT molecular complexity index is 761. The fourth-order valence-corrected chi connectivity index (χ4v) is 2.79. The third-order valence-electron chi connectivity index (χ3n) is 3.09. The number of thiophene rings is 1. The van der Waals surface area contributed by atoms with Crippen molar-refractivity contribution in [2.75, 3.05) is 5.32 Å². The van der Waals surface area contributed by atoms with E-state index in [0.29, 0.717) is 5.56 Å². The van der Waals surface area contributed by atoms with Gasteiger partial charge in [-0.25, -0.2) is 0 Å². The van der Waals surface area contributed by atoms with Crippen LogP contribution in [0.2, 0.25) is 0 Å². The summed E-state index contributed by atoms with van der Waals surface area (Å²) in [4.78, 5) is 12.1. The average Bonchev–Trinajstić information content (AvgIpc) is 3.05. The highest BCUT2D eigenvalue weighted by atomic mass is 32.1. The summed E-state index contributed by atoms with van der Waals surface area (Å²) in [6.07, 6.45) is 3.35. The molecule has 2 heterocycles. The molecule has 0 aliphatic heterocycles. The van der Waals surface area contributed by atoms with E-state index in [4.69, 9.17) is 5.73 Å². The summed E-state index contributed by atoms with van der Waals surface area (Å²) in [5.41, 5.74) is 7.38. The second kappa shape index (κ2) is 5.07. The van der Waals surface area contributed by atoms with Crippen molar-refractivity contribution in [3.8, 4) is 0 Å². The Kier molecular flexibility index (Phi) is 3.25. The van der Waals surface area contributed by atoms with Crippen LogP contribution in [0.25, 0.3) is 10.1 Å². The van der Waals surface area contributed by atoms with Gasteiger partial charge in [-0.3, -0.25) is 9.48 Å². The van der Waals surface area contributed by atoms with Crippen molar-refractivity contribution in [3.63, 3.8) is 0 Å². The fourth-order valence-electron chi connectivity index (χ4n) is 2.02. The molecule has 0 aliphatic rings. The standard InChI is InChI=1S/C14H14N4OS/c1-18-8-10(7-16-18)13(15)14(19)17-11-2-3-12-9(6-11)4-5-20-12/h2-8,13H,15H2,1H3,(H,17,19). The topological polar surface area (TPSA) is 72.9 Å². The van der Waals surface area contributed by atoms with E-state index in [1.54, 1.807) is 35.5 Å². The molecule has 5 nitrogen and oxygen atoms in total. The lowest BCUT2D eigenvalue weighted by Crippen LogP contribution is -2.27. The number of nitrogens with zero attached hydrogens (tertiary/aromatic N) is 2. The van der Waals surface area contributed by atoms with Crippen LogP contribution in [-0.4, -0.2) is 15.7 Å². The van der Waals surface area contributed by atoms with E-state index < -0.39 is 6.04 Å². The lowest BCUT2D eigenvalue weighted by atomic mass is 10.1. The Morgan fingerprint density at radius 2 is 2.30 bits per heavy atom. The van der Waals surface area contributed by atoms with E-state index in [1.807, 2.05) is 29.6 Å². The highest BCUT2D eigenvalue weighted by Crippen LogP contribution is 2.24. The van der Waals surface area contributed by atoms with Crippen molar-refractivity contribution >= 4 is 33.0 Å². The minimum atomic E-state index is -0.720. The SMILES string of the molecule is Cn1cc(C(N)C(=O)Nc2ccc3sccc3c2)cn1. The molecule has 0 radical (unpaired) electrons. The second-order valence-electron chi connectivity index (χ2n) is 4.59. The maximum Gasteiger partial charge on any atom is 0.246 e. The van der Waals surface area contributed by atoms with Crippen molar-refractivity contribution in [1.82, 2.24) is 9.78 Å². The van der Waals surface area contributed by atoms with Crippen LogP contribution in [0.15, 0.2) is 42.0 Å². The van der Waals surface area contributed by atoms with E-state index in [-0.39, 0.29) is 5.91 Å². The Labute approximate surface area is 120 Å². The number of hydrogen-bond donors (Lipinski definition) is 2. The second-order valence-corrected chi connectivity index (χ2v) is 5.54. The number of nitrogens with one attached hydrogen (secondary N) is 1. The molecule has 6 heteroatoms. The van der Waals surface area contributed by atoms with Crippen LogP contribution in [0.4, 0.5) is 5.69 Å². The van der Waals surface area contributed by atoms with Gasteiger partial charge >= 0.3 is 0 Å². The summed E-state index contributed by atoms with van der Waals surface area (Å²) in [6.45, 7) is 0. The first-order chi connectivity index (χ1) is 9.63. The number of amides is 1. The zero-order valence-electron chi connectivity index (χ0n) is 10.9. The van der Waals surface area contributed by atoms with Gasteiger partial charge < -0.3 is 11.1 Å². The molecule has 3 N–H and O–H groups in total. The number of benzene rings is 1. The fraction of sp³-hybridized carbons (Fsp3) is 0.143. The molecule has 3 aromatic rings. The number of hydrogen-bond acceptors (Lipinski definition) is 4. The Balaban J connectivity index is 1.77. The minimum Gasteiger partial charge on any atom is -0.324 e. The normalized spacial score (nSPS) is 12.5. The number of aromatic nitrogens is 2. The van der Waals surface area contributed by atoms with Crippen molar-refractivity contribution in [2.24, 2.45) is 12.8 Å². The van der Waals surface area contributed by atoms with E-state index in [2.05, 4.69) is 10.4 Å². The van der Waals surface area contributed by atoms with Crippen molar-refractivity contribution in [1.29, 1.82) is 0 Å². The summed E-state index contributed by atoms with van der Waals surface area (Å²) < 4.78 is 2.82. The predicted molar refractivity (Wildman–Crippen MR) is 80.6 cm³/mol. The van der Waals surface area contributed by atoms with Crippen LogP contribution in [-0.2, 0) is 11.8 Å². The van der Waals surface area contributed by atoms with Gasteiger partial charge in [0.05, 0.1) is 6.20 Å². The molecular formula is C14H14N4OS. The third kappa shape index (κ3) is 2.43. The zero-order chi connectivity index (χ0) is 14.1. The van der Waals surface area contributed by atoms with Gasteiger partial charge in [0.25, 0.3) is 0 Å². The van der Waals surface area contributed by atoms with Crippen LogP contribution in [0.5, 0.6) is 0 Å². The largest absolute Gasteiger partial charge is 0.324 e. The van der Waals surface area contributed by atoms with Gasteiger partial charge in [0, 0.05) is 29.2 Å². The summed E-state index contributed by atoms with van der Waals surface area (Å²) in [6, 6.07) is 7.12. The van der Waals surface area contributed by atoms with Crippen molar-refractivity contribution in [3.05, 3.63) is 47.6 Å². The molecule has 2 aromatic heterocycles. The van der Waals surface area contributed by atoms with E-state index in [9.17, 15) is 4.79 Å². The summed E-state index contributed by atoms with van der Waals surface area (Å²) >= 11 is 1.67. The predicted octanol–water partition coefficient (Wildman–Crippen LogP) is 2.27. The molecule has 1 aromatic carbocycles. The van der Waals surface area contributed by atoms with Gasteiger partial charge in [0.2, 0.25) is 5.91 Å². The zero-order valence-corrected chi connectivity index (χ0v) is 11.7. The first-order valence-electron chi connectivity index (χ1n) is 6.16. The molecule has 1 atom stereocenters. The Hall–Kier alpha value is -2.18. The Morgan fingerprint density at radius 3 is 3.05 bits per heavy atom. The van der Waals surface area contributed by atoms with Gasteiger partial charge in [0.15, 0.2) is 0 Å². The minimum absolute atomic E-state index is 0.243. The molecule has 0 bridgehead atoms. The highest BCUT2D eigenvalue weighted by Gasteiger charge is 2.17. The van der Waals surface area contributed by atoms with Crippen molar-refractivity contribution in [2.45, 2.75) is 6.04 Å². The number of anilines is 1. The quantitative estimate of drug-likeness (QED) is 0.775. The number of rotatable bonds is 3. The molecule has 0 saturated heterocycles.